The number of para-hydroxylation sites is 1. The average Bonchev–Trinajstić information content (AvgIpc) is 3.44. The molecule has 12 heteroatoms. The molecule has 9 aromatic carbocycles. The molecule has 0 saturated carbocycles. The lowest BCUT2D eigenvalue weighted by Crippen LogP contribution is -2.74. The highest BCUT2D eigenvalue weighted by molar-refractivity contribution is 7.06. The summed E-state index contributed by atoms with van der Waals surface area (Å²) in [4.78, 5) is 0. The summed E-state index contributed by atoms with van der Waals surface area (Å²) < 4.78 is 42.8. The Bertz CT molecular complexity index is 2920. The Kier molecular flexibility index (Phi) is 17.4. The molecule has 0 heterocycles. The Labute approximate surface area is 440 Å². The van der Waals surface area contributed by atoms with Crippen molar-refractivity contribution in [3.63, 3.8) is 0 Å². The molecule has 0 amide bonds. The van der Waals surface area contributed by atoms with Gasteiger partial charge in [0.15, 0.2) is 0 Å². The maximum absolute atomic E-state index is 7.59. The van der Waals surface area contributed by atoms with Gasteiger partial charge in [-0.2, -0.15) is 0 Å². The van der Waals surface area contributed by atoms with Crippen LogP contribution in [0, 0.1) is 0 Å². The summed E-state index contributed by atoms with van der Waals surface area (Å²) in [6.07, 6.45) is 0. The third kappa shape index (κ3) is 12.6. The van der Waals surface area contributed by atoms with E-state index in [0.717, 1.165) is 31.7 Å². The Morgan fingerprint density at radius 2 is 0.548 bits per heavy atom. The van der Waals surface area contributed by atoms with Crippen molar-refractivity contribution in [3.8, 4) is 5.75 Å². The van der Waals surface area contributed by atoms with Crippen LogP contribution in [0.25, 0.3) is 0 Å². The van der Waals surface area contributed by atoms with E-state index in [1.54, 1.807) is 7.11 Å². The topological polar surface area (TPSA) is 55.4 Å². The second-order valence-electron chi connectivity index (χ2n) is 19.1. The van der Waals surface area contributed by atoms with E-state index < -0.39 is 50.9 Å². The van der Waals surface area contributed by atoms with Crippen molar-refractivity contribution in [2.24, 2.45) is 0 Å². The van der Waals surface area contributed by atoms with Crippen LogP contribution in [0.15, 0.2) is 273 Å². The van der Waals surface area contributed by atoms with Crippen LogP contribution in [0.1, 0.15) is 0 Å². The zero-order valence-corrected chi connectivity index (χ0v) is 48.9. The Balaban J connectivity index is 0.000000197. The lowest BCUT2D eigenvalue weighted by Gasteiger charge is -2.43. The largest absolute Gasteiger partial charge is 0.521 e. The van der Waals surface area contributed by atoms with Gasteiger partial charge in [-0.05, 0) is 92.9 Å². The normalized spacial score (nSPS) is 13.0. The predicted octanol–water partition coefficient (Wildman–Crippen LogP) is 9.46. The Hall–Kier alpha value is -6.12. The van der Waals surface area contributed by atoms with E-state index in [1.807, 2.05) is 66.7 Å². The molecule has 0 radical (unpaired) electrons. The number of hydrogen-bond donors (Lipinski definition) is 0. The van der Waals surface area contributed by atoms with E-state index in [0.29, 0.717) is 0 Å². The standard InChI is InChI=1S/C33H34O3Si3.C28H32O3Si3/c1-34-39(32-25-15-7-16-26-32,33-27-17-8-18-28-33)36-38(3,31-23-13-6-14-24-31)35-37(2,29-19-9-4-10-20-29)30-21-11-5-12-22-30;1-32(2,26-19-11-6-12-20-26)30-34(27-21-13-7-14-22-27,28-23-15-8-16-24-28)31-33(3,4)29-25-17-9-5-10-18-25/h4-28H,1-3H3;5-24H,1-4H3. The van der Waals surface area contributed by atoms with Gasteiger partial charge in [-0.3, -0.25) is 0 Å². The minimum Gasteiger partial charge on any atom is -0.521 e. The fourth-order valence-corrected chi connectivity index (χ4v) is 35.2. The van der Waals surface area contributed by atoms with Crippen molar-refractivity contribution in [3.05, 3.63) is 273 Å². The second kappa shape index (κ2) is 23.8. The molecule has 0 aliphatic rings. The highest BCUT2D eigenvalue weighted by Gasteiger charge is 2.55. The number of benzene rings is 9. The fraction of sp³-hybridized carbons (Fsp3) is 0.115. The quantitative estimate of drug-likeness (QED) is 0.0754. The van der Waals surface area contributed by atoms with Crippen LogP contribution in [0.4, 0.5) is 0 Å². The minimum absolute atomic E-state index is 0.822. The van der Waals surface area contributed by atoms with Gasteiger partial charge in [-0.1, -0.05) is 261 Å². The molecule has 0 saturated heterocycles. The van der Waals surface area contributed by atoms with E-state index in [4.69, 9.17) is 25.3 Å². The molecular weight excluding hydrogens is 997 g/mol. The fourth-order valence-electron chi connectivity index (χ4n) is 9.35. The summed E-state index contributed by atoms with van der Waals surface area (Å²) in [5, 5.41) is 9.03. The van der Waals surface area contributed by atoms with Crippen LogP contribution in [0.2, 0.25) is 39.3 Å². The van der Waals surface area contributed by atoms with Gasteiger partial charge in [0.1, 0.15) is 5.75 Å². The van der Waals surface area contributed by atoms with Crippen molar-refractivity contribution >= 4 is 92.4 Å². The first-order valence-electron chi connectivity index (χ1n) is 24.8. The van der Waals surface area contributed by atoms with Crippen molar-refractivity contribution in [2.45, 2.75) is 39.3 Å². The summed E-state index contributed by atoms with van der Waals surface area (Å²) in [6.45, 7) is 13.2. The van der Waals surface area contributed by atoms with Crippen molar-refractivity contribution < 1.29 is 25.3 Å². The van der Waals surface area contributed by atoms with Crippen LogP contribution in [0.3, 0.4) is 0 Å². The maximum atomic E-state index is 7.59. The highest BCUT2D eigenvalue weighted by Crippen LogP contribution is 2.26. The van der Waals surface area contributed by atoms with Crippen LogP contribution in [0.5, 0.6) is 5.75 Å². The van der Waals surface area contributed by atoms with Gasteiger partial charge in [0.2, 0.25) is 16.6 Å². The van der Waals surface area contributed by atoms with E-state index in [-0.39, 0.29) is 0 Å². The van der Waals surface area contributed by atoms with Gasteiger partial charge in [-0.15, -0.1) is 0 Å². The zero-order valence-electron chi connectivity index (χ0n) is 42.9. The lowest BCUT2D eigenvalue weighted by atomic mass is 10.3. The lowest BCUT2D eigenvalue weighted by molar-refractivity contribution is 0.298. The Morgan fingerprint density at radius 3 is 0.890 bits per heavy atom. The number of rotatable bonds is 19. The average molecular weight is 1060 g/mol. The SMILES string of the molecule is CO[Si](O[Si](C)(O[Si](C)(c1ccccc1)c1ccccc1)c1ccccc1)(c1ccccc1)c1ccccc1.C[Si](C)(Oc1ccccc1)O[Si](O[Si](C)(C)c1ccccc1)(c1ccccc1)c1ccccc1. The van der Waals surface area contributed by atoms with Crippen molar-refractivity contribution in [1.82, 2.24) is 0 Å². The molecule has 1 unspecified atom stereocenters. The van der Waals surface area contributed by atoms with Crippen LogP contribution < -0.4 is 45.9 Å². The molecule has 0 aliphatic carbocycles. The third-order valence-electron chi connectivity index (χ3n) is 13.0. The van der Waals surface area contributed by atoms with Gasteiger partial charge in [-0.25, -0.2) is 0 Å². The molecule has 0 fully saturated rings. The van der Waals surface area contributed by atoms with Crippen LogP contribution in [-0.2, 0) is 20.9 Å². The minimum atomic E-state index is -3.18. The van der Waals surface area contributed by atoms with E-state index in [9.17, 15) is 0 Å². The summed E-state index contributed by atoms with van der Waals surface area (Å²) in [6, 6.07) is 93.8. The number of hydrogen-bond acceptors (Lipinski definition) is 6. The molecule has 73 heavy (non-hydrogen) atoms. The molecule has 9 aromatic rings. The molecule has 1 atom stereocenters. The molecule has 0 aromatic heterocycles. The molecule has 6 nitrogen and oxygen atoms in total. The Morgan fingerprint density at radius 1 is 0.260 bits per heavy atom. The summed E-state index contributed by atoms with van der Waals surface area (Å²) >= 11 is 0. The molecule has 0 aliphatic heterocycles. The van der Waals surface area contributed by atoms with Crippen LogP contribution >= 0.6 is 0 Å². The molecule has 0 spiro atoms. The van der Waals surface area contributed by atoms with Gasteiger partial charge in [0.05, 0.1) is 0 Å². The first-order valence-corrected chi connectivity index (χ1v) is 38.9. The molecule has 370 valence electrons. The predicted molar refractivity (Wildman–Crippen MR) is 317 cm³/mol. The van der Waals surface area contributed by atoms with E-state index >= 15 is 0 Å². The molecule has 9 rings (SSSR count). The second-order valence-corrected chi connectivity index (χ2v) is 39.8. The van der Waals surface area contributed by atoms with Gasteiger partial charge < -0.3 is 25.3 Å². The molecule has 0 bridgehead atoms. The first-order chi connectivity index (χ1) is 35.3. The van der Waals surface area contributed by atoms with Crippen molar-refractivity contribution in [2.75, 3.05) is 7.11 Å². The summed E-state index contributed by atoms with van der Waals surface area (Å²) in [5.74, 6) is 0.822. The van der Waals surface area contributed by atoms with Gasteiger partial charge >= 0.3 is 34.2 Å². The zero-order chi connectivity index (χ0) is 51.3. The first kappa shape index (κ1) is 53.2. The van der Waals surface area contributed by atoms with E-state index in [2.05, 4.69) is 246 Å². The van der Waals surface area contributed by atoms with E-state index in [1.165, 1.54) is 15.6 Å². The maximum Gasteiger partial charge on any atom is 0.398 e. The van der Waals surface area contributed by atoms with Gasteiger partial charge in [0, 0.05) is 7.11 Å². The molecule has 0 N–H and O–H groups in total. The molecular formula is C61H66O6Si6. The smallest absolute Gasteiger partial charge is 0.398 e. The van der Waals surface area contributed by atoms with Crippen LogP contribution in [-0.4, -0.2) is 58.0 Å². The monoisotopic (exact) mass is 1060 g/mol. The highest BCUT2D eigenvalue weighted by atomic mass is 28.5. The third-order valence-corrected chi connectivity index (χ3v) is 36.8. The summed E-state index contributed by atoms with van der Waals surface area (Å²) in [5.41, 5.74) is 0. The summed E-state index contributed by atoms with van der Waals surface area (Å²) in [7, 11) is -15.5. The van der Waals surface area contributed by atoms with Crippen molar-refractivity contribution in [1.29, 1.82) is 0 Å². The van der Waals surface area contributed by atoms with Gasteiger partial charge in [0.25, 0.3) is 0 Å².